The molecule has 0 N–H and O–H groups in total. The summed E-state index contributed by atoms with van der Waals surface area (Å²) in [6.07, 6.45) is 14.7. The van der Waals surface area contributed by atoms with E-state index < -0.39 is 7.82 Å². The first kappa shape index (κ1) is 34.3. The van der Waals surface area contributed by atoms with Crippen LogP contribution in [0.2, 0.25) is 0 Å². The van der Waals surface area contributed by atoms with Crippen molar-refractivity contribution in [2.75, 3.05) is 19.8 Å². The van der Waals surface area contributed by atoms with Crippen molar-refractivity contribution in [1.29, 1.82) is 0 Å². The first-order valence-electron chi connectivity index (χ1n) is 16.3. The first-order chi connectivity index (χ1) is 20.6. The third kappa shape index (κ3) is 13.8. The average molecular weight is 593 g/mol. The van der Waals surface area contributed by atoms with Gasteiger partial charge in [0.25, 0.3) is 0 Å². The van der Waals surface area contributed by atoms with Gasteiger partial charge in [0.1, 0.15) is 0 Å². The number of hydrogen-bond donors (Lipinski definition) is 0. The zero-order chi connectivity index (χ0) is 29.7. The molecular formula is C37H53O4P. The van der Waals surface area contributed by atoms with Gasteiger partial charge in [-0.2, -0.15) is 0 Å². The van der Waals surface area contributed by atoms with Crippen LogP contribution in [0.5, 0.6) is 0 Å². The summed E-state index contributed by atoms with van der Waals surface area (Å²) in [6.45, 7) is 5.54. The van der Waals surface area contributed by atoms with Crippen LogP contribution in [0, 0.1) is 0 Å². The second kappa shape index (κ2) is 20.6. The molecule has 0 heterocycles. The van der Waals surface area contributed by atoms with E-state index in [0.717, 1.165) is 51.4 Å². The van der Waals surface area contributed by atoms with Gasteiger partial charge >= 0.3 is 7.82 Å². The highest BCUT2D eigenvalue weighted by Gasteiger charge is 2.26. The van der Waals surface area contributed by atoms with Gasteiger partial charge < -0.3 is 0 Å². The lowest BCUT2D eigenvalue weighted by Gasteiger charge is -2.19. The van der Waals surface area contributed by atoms with E-state index in [4.69, 9.17) is 13.6 Å². The Morgan fingerprint density at radius 2 is 0.929 bits per heavy atom. The lowest BCUT2D eigenvalue weighted by atomic mass is 9.94. The molecule has 4 nitrogen and oxygen atoms in total. The van der Waals surface area contributed by atoms with Crippen LogP contribution in [-0.2, 0) is 50.2 Å². The minimum atomic E-state index is -3.64. The molecule has 3 aromatic carbocycles. The van der Waals surface area contributed by atoms with Gasteiger partial charge in [-0.05, 0) is 92.0 Å². The van der Waals surface area contributed by atoms with E-state index in [-0.39, 0.29) is 0 Å². The fraction of sp³-hybridized carbons (Fsp3) is 0.514. The SMILES string of the molecule is CCCCCc1ccc(CCCOP(=O)(OCCCc2ccccc2)OCCCc2ccccc2)c(CCCCC)c1. The third-order valence-electron chi connectivity index (χ3n) is 7.63. The van der Waals surface area contributed by atoms with Gasteiger partial charge in [0, 0.05) is 0 Å². The molecule has 0 atom stereocenters. The molecule has 0 aliphatic rings. The van der Waals surface area contributed by atoms with Gasteiger partial charge in [-0.3, -0.25) is 13.6 Å². The summed E-state index contributed by atoms with van der Waals surface area (Å²) in [6, 6.07) is 27.6. The summed E-state index contributed by atoms with van der Waals surface area (Å²) in [4.78, 5) is 0. The molecule has 0 aliphatic heterocycles. The molecule has 0 spiro atoms. The number of rotatable bonds is 23. The number of unbranched alkanes of at least 4 members (excludes halogenated alkanes) is 4. The molecule has 230 valence electrons. The van der Waals surface area contributed by atoms with Crippen LogP contribution in [0.4, 0.5) is 0 Å². The highest BCUT2D eigenvalue weighted by Crippen LogP contribution is 2.50. The molecule has 5 heteroatoms. The van der Waals surface area contributed by atoms with Gasteiger partial charge in [0.15, 0.2) is 0 Å². The van der Waals surface area contributed by atoms with Crippen LogP contribution in [0.25, 0.3) is 0 Å². The van der Waals surface area contributed by atoms with Crippen molar-refractivity contribution in [3.05, 3.63) is 107 Å². The van der Waals surface area contributed by atoms with Gasteiger partial charge in [0.05, 0.1) is 19.8 Å². The Kier molecular flexibility index (Phi) is 16.8. The smallest absolute Gasteiger partial charge is 0.287 e. The molecule has 3 aromatic rings. The second-order valence-electron chi connectivity index (χ2n) is 11.2. The van der Waals surface area contributed by atoms with Gasteiger partial charge in [-0.25, -0.2) is 4.57 Å². The van der Waals surface area contributed by atoms with Gasteiger partial charge in [-0.1, -0.05) is 118 Å². The lowest BCUT2D eigenvalue weighted by molar-refractivity contribution is 0.110. The van der Waals surface area contributed by atoms with Crippen molar-refractivity contribution < 1.29 is 18.1 Å². The summed E-state index contributed by atoms with van der Waals surface area (Å²) in [7, 11) is -3.64. The fourth-order valence-electron chi connectivity index (χ4n) is 5.20. The van der Waals surface area contributed by atoms with E-state index in [9.17, 15) is 4.57 Å². The molecule has 3 rings (SSSR count). The molecular weight excluding hydrogens is 539 g/mol. The standard InChI is InChI=1S/C37H53O4P/c1-3-5-9-22-35-27-28-36(37(32-35)25-10-6-4-2)26-17-31-41-42(38,39-29-15-23-33-18-11-7-12-19-33)40-30-16-24-34-20-13-8-14-21-34/h7-8,11-14,18-21,27-28,32H,3-6,9-10,15-17,22-26,29-31H2,1-2H3. The number of phosphoric ester groups is 1. The topological polar surface area (TPSA) is 44.8 Å². The second-order valence-corrected chi connectivity index (χ2v) is 12.9. The predicted octanol–water partition coefficient (Wildman–Crippen LogP) is 10.5. The van der Waals surface area contributed by atoms with Crippen LogP contribution in [0.3, 0.4) is 0 Å². The zero-order valence-corrected chi connectivity index (χ0v) is 27.0. The maximum absolute atomic E-state index is 13.6. The molecule has 0 aromatic heterocycles. The van der Waals surface area contributed by atoms with Crippen molar-refractivity contribution >= 4 is 7.82 Å². The maximum atomic E-state index is 13.6. The molecule has 0 saturated heterocycles. The van der Waals surface area contributed by atoms with E-state index in [1.165, 1.54) is 66.3 Å². The Labute approximate surface area is 255 Å². The van der Waals surface area contributed by atoms with Crippen LogP contribution in [0.1, 0.15) is 99.5 Å². The van der Waals surface area contributed by atoms with Crippen LogP contribution in [0.15, 0.2) is 78.9 Å². The monoisotopic (exact) mass is 592 g/mol. The van der Waals surface area contributed by atoms with E-state index in [1.54, 1.807) is 0 Å². The summed E-state index contributed by atoms with van der Waals surface area (Å²) < 4.78 is 31.1. The highest BCUT2D eigenvalue weighted by molar-refractivity contribution is 7.48. The van der Waals surface area contributed by atoms with Gasteiger partial charge in [-0.15, -0.1) is 0 Å². The molecule has 42 heavy (non-hydrogen) atoms. The molecule has 0 fully saturated rings. The Morgan fingerprint density at radius 3 is 1.45 bits per heavy atom. The van der Waals surface area contributed by atoms with E-state index in [2.05, 4.69) is 56.3 Å². The zero-order valence-electron chi connectivity index (χ0n) is 26.1. The van der Waals surface area contributed by atoms with E-state index in [1.807, 2.05) is 36.4 Å². The molecule has 0 saturated carbocycles. The van der Waals surface area contributed by atoms with Crippen molar-refractivity contribution in [2.45, 2.75) is 104 Å². The number of aryl methyl sites for hydroxylation is 5. The average Bonchev–Trinajstić information content (AvgIpc) is 3.02. The van der Waals surface area contributed by atoms with Crippen LogP contribution in [-0.4, -0.2) is 19.8 Å². The number of hydrogen-bond acceptors (Lipinski definition) is 4. The Morgan fingerprint density at radius 1 is 0.476 bits per heavy atom. The number of benzene rings is 3. The third-order valence-corrected chi connectivity index (χ3v) is 9.13. The molecule has 0 bridgehead atoms. The highest BCUT2D eigenvalue weighted by atomic mass is 31.2. The summed E-state index contributed by atoms with van der Waals surface area (Å²) in [5.74, 6) is 0. The van der Waals surface area contributed by atoms with E-state index >= 15 is 0 Å². The minimum Gasteiger partial charge on any atom is -0.287 e. The van der Waals surface area contributed by atoms with Crippen molar-refractivity contribution in [2.24, 2.45) is 0 Å². The minimum absolute atomic E-state index is 0.339. The molecule has 0 amide bonds. The van der Waals surface area contributed by atoms with Crippen molar-refractivity contribution in [1.82, 2.24) is 0 Å². The Bertz CT molecular complexity index is 1100. The van der Waals surface area contributed by atoms with Crippen molar-refractivity contribution in [3.8, 4) is 0 Å². The number of phosphoric acid groups is 1. The van der Waals surface area contributed by atoms with Crippen LogP contribution >= 0.6 is 7.82 Å². The summed E-state index contributed by atoms with van der Waals surface area (Å²) in [5.41, 5.74) is 6.79. The first-order valence-corrected chi connectivity index (χ1v) is 17.8. The summed E-state index contributed by atoms with van der Waals surface area (Å²) in [5, 5.41) is 0. The fourth-order valence-corrected chi connectivity index (χ4v) is 6.48. The molecule has 0 unspecified atom stereocenters. The quantitative estimate of drug-likeness (QED) is 0.0812. The molecule has 0 radical (unpaired) electrons. The largest absolute Gasteiger partial charge is 0.474 e. The van der Waals surface area contributed by atoms with Crippen molar-refractivity contribution in [3.63, 3.8) is 0 Å². The van der Waals surface area contributed by atoms with Crippen LogP contribution < -0.4 is 0 Å². The molecule has 0 aliphatic carbocycles. The Hall–Kier alpha value is -2.23. The van der Waals surface area contributed by atoms with Gasteiger partial charge in [0.2, 0.25) is 0 Å². The predicted molar refractivity (Wildman–Crippen MR) is 176 cm³/mol. The lowest BCUT2D eigenvalue weighted by Crippen LogP contribution is -2.06. The maximum Gasteiger partial charge on any atom is 0.474 e. The van der Waals surface area contributed by atoms with E-state index in [0.29, 0.717) is 19.8 Å². The Balaban J connectivity index is 1.52. The normalized spacial score (nSPS) is 11.7. The summed E-state index contributed by atoms with van der Waals surface area (Å²) >= 11 is 0.